The van der Waals surface area contributed by atoms with Crippen molar-refractivity contribution in [2.45, 2.75) is 19.4 Å². The second-order valence-electron chi connectivity index (χ2n) is 5.97. The Labute approximate surface area is 186 Å². The van der Waals surface area contributed by atoms with E-state index in [-0.39, 0.29) is 11.6 Å². The number of fused-ring (bicyclic) bond motifs is 1. The van der Waals surface area contributed by atoms with Gasteiger partial charge >= 0.3 is 6.43 Å². The van der Waals surface area contributed by atoms with Gasteiger partial charge in [-0.05, 0) is 36.8 Å². The molecular weight excluding hydrogens is 473 g/mol. The molecule has 1 atom stereocenters. The van der Waals surface area contributed by atoms with Crippen molar-refractivity contribution in [3.8, 4) is 11.1 Å². The zero-order valence-corrected chi connectivity index (χ0v) is 17.9. The minimum absolute atomic E-state index is 0.185. The number of hydrogen-bond donors (Lipinski definition) is 4. The van der Waals surface area contributed by atoms with Crippen LogP contribution in [0.2, 0.25) is 0 Å². The molecule has 172 valence electrons. The number of halogens is 3. The number of likely N-dealkylation sites (N-methyl/N-ethyl adjacent to an activating group) is 1. The molecule has 0 aliphatic carbocycles. The molecule has 0 aliphatic heterocycles. The summed E-state index contributed by atoms with van der Waals surface area (Å²) in [6, 6.07) is 6.70. The van der Waals surface area contributed by atoms with Crippen LogP contribution in [0, 0.1) is 5.95 Å². The first-order valence-electron chi connectivity index (χ1n) is 8.81. The van der Waals surface area contributed by atoms with Gasteiger partial charge in [0.2, 0.25) is 11.9 Å². The molecule has 0 fully saturated rings. The Morgan fingerprint density at radius 3 is 2.38 bits per heavy atom. The molecule has 0 bridgehead atoms. The van der Waals surface area contributed by atoms with Crippen molar-refractivity contribution in [1.29, 1.82) is 0 Å². The van der Waals surface area contributed by atoms with Crippen molar-refractivity contribution in [3.63, 3.8) is 0 Å². The zero-order chi connectivity index (χ0) is 23.8. The van der Waals surface area contributed by atoms with Crippen LogP contribution in [-0.4, -0.2) is 48.1 Å². The van der Waals surface area contributed by atoms with Gasteiger partial charge in [0.25, 0.3) is 17.3 Å². The Hall–Kier alpha value is -2.94. The number of aromatic nitrogens is 2. The molecule has 1 unspecified atom stereocenters. The molecule has 0 spiro atoms. The summed E-state index contributed by atoms with van der Waals surface area (Å²) in [6.45, 7) is 1.94. The number of nitrogens with zero attached hydrogens (tertiary/aromatic N) is 2. The van der Waals surface area contributed by atoms with Crippen molar-refractivity contribution in [2.75, 3.05) is 6.54 Å². The van der Waals surface area contributed by atoms with Crippen LogP contribution in [0.25, 0.3) is 21.3 Å². The van der Waals surface area contributed by atoms with E-state index < -0.39 is 41.6 Å². The summed E-state index contributed by atoms with van der Waals surface area (Å²) in [5, 5.41) is 4.71. The number of benzene rings is 1. The molecule has 2 amide bonds. The van der Waals surface area contributed by atoms with E-state index in [4.69, 9.17) is 13.3 Å². The molecule has 0 radical (unpaired) electrons. The van der Waals surface area contributed by atoms with Gasteiger partial charge in [-0.15, -0.1) is 11.3 Å². The van der Waals surface area contributed by atoms with Crippen molar-refractivity contribution < 1.29 is 36.1 Å². The first-order chi connectivity index (χ1) is 15.1. The molecule has 32 heavy (non-hydrogen) atoms. The lowest BCUT2D eigenvalue weighted by molar-refractivity contribution is -0.136. The van der Waals surface area contributed by atoms with Gasteiger partial charge in [0.1, 0.15) is 5.01 Å². The van der Waals surface area contributed by atoms with E-state index in [1.165, 1.54) is 12.3 Å². The molecule has 1 aromatic carbocycles. The highest BCUT2D eigenvalue weighted by Gasteiger charge is 2.29. The summed E-state index contributed by atoms with van der Waals surface area (Å²) < 4.78 is 61.8. The fraction of sp³-hybridized carbons (Fsp3) is 0.222. The second-order valence-corrected chi connectivity index (χ2v) is 7.50. The zero-order valence-electron chi connectivity index (χ0n) is 16.3. The Balaban J connectivity index is 0.000000837. The SMILES string of the molecule is CCNC(=O)C(NC(=O)C(F)F)c1nc2ccc(-c3ccc(F)nc3)cc2s1.O=S(O)O. The Kier molecular flexibility index (Phi) is 9.19. The summed E-state index contributed by atoms with van der Waals surface area (Å²) >= 11 is -1.51. The number of carbonyl (C=O) groups is 2. The minimum Gasteiger partial charge on any atom is -0.354 e. The van der Waals surface area contributed by atoms with Gasteiger partial charge in [-0.1, -0.05) is 6.07 Å². The maximum Gasteiger partial charge on any atom is 0.315 e. The van der Waals surface area contributed by atoms with E-state index in [1.54, 1.807) is 31.2 Å². The average molecular weight is 490 g/mol. The van der Waals surface area contributed by atoms with Crippen molar-refractivity contribution in [1.82, 2.24) is 20.6 Å². The molecule has 9 nitrogen and oxygen atoms in total. The standard InChI is InChI=1S/C18H15F3N4O2S.H2O3S/c1-2-22-16(26)14(25-17(27)15(20)21)18-24-11-5-3-9(7-12(11)28-18)10-4-6-13(19)23-8-10;1-4(2)3/h3-8,14-15H,2H2,1H3,(H,22,26)(H,25,27);(H2,1,2,3). The van der Waals surface area contributed by atoms with Crippen molar-refractivity contribution in [2.24, 2.45) is 0 Å². The first kappa shape index (κ1) is 25.3. The van der Waals surface area contributed by atoms with E-state index in [0.717, 1.165) is 16.9 Å². The maximum absolute atomic E-state index is 13.0. The minimum atomic E-state index is -3.25. The molecule has 4 N–H and O–H groups in total. The average Bonchev–Trinajstić information content (AvgIpc) is 3.14. The number of carbonyl (C=O) groups excluding carboxylic acids is 2. The molecule has 0 saturated heterocycles. The number of thiazole rings is 1. The van der Waals surface area contributed by atoms with Crippen LogP contribution < -0.4 is 10.6 Å². The van der Waals surface area contributed by atoms with Crippen LogP contribution in [0.1, 0.15) is 18.0 Å². The molecule has 0 saturated carbocycles. The van der Waals surface area contributed by atoms with Gasteiger partial charge in [0, 0.05) is 18.3 Å². The third-order valence-corrected chi connectivity index (χ3v) is 4.89. The third-order valence-electron chi connectivity index (χ3n) is 3.81. The highest BCUT2D eigenvalue weighted by atomic mass is 32.2. The van der Waals surface area contributed by atoms with Gasteiger partial charge in [-0.3, -0.25) is 18.7 Å². The molecule has 3 rings (SSSR count). The van der Waals surface area contributed by atoms with E-state index >= 15 is 0 Å². The normalized spacial score (nSPS) is 11.8. The molecule has 3 aromatic rings. The number of amides is 2. The quantitative estimate of drug-likeness (QED) is 0.307. The maximum atomic E-state index is 13.0. The summed E-state index contributed by atoms with van der Waals surface area (Å²) in [5.41, 5.74) is 1.98. The van der Waals surface area contributed by atoms with Gasteiger partial charge in [-0.2, -0.15) is 17.4 Å². The van der Waals surface area contributed by atoms with Crippen LogP contribution >= 0.6 is 11.3 Å². The van der Waals surface area contributed by atoms with E-state index in [9.17, 15) is 22.8 Å². The fourth-order valence-corrected chi connectivity index (χ4v) is 3.57. The lowest BCUT2D eigenvalue weighted by Crippen LogP contribution is -2.42. The van der Waals surface area contributed by atoms with E-state index in [1.807, 2.05) is 5.32 Å². The van der Waals surface area contributed by atoms with Crippen molar-refractivity contribution >= 4 is 44.7 Å². The van der Waals surface area contributed by atoms with Gasteiger partial charge in [0.05, 0.1) is 10.2 Å². The summed E-state index contributed by atoms with van der Waals surface area (Å²) in [6.07, 6.45) is -1.86. The predicted molar refractivity (Wildman–Crippen MR) is 112 cm³/mol. The number of alkyl halides is 2. The number of hydrogen-bond acceptors (Lipinski definition) is 6. The smallest absolute Gasteiger partial charge is 0.315 e. The predicted octanol–water partition coefficient (Wildman–Crippen LogP) is 2.74. The van der Waals surface area contributed by atoms with Gasteiger partial charge in [-0.25, -0.2) is 9.97 Å². The summed E-state index contributed by atoms with van der Waals surface area (Å²) in [7, 11) is 0. The first-order valence-corrected chi connectivity index (χ1v) is 10.7. The van der Waals surface area contributed by atoms with Gasteiger partial charge in [0.15, 0.2) is 6.04 Å². The Bertz CT molecular complexity index is 1110. The summed E-state index contributed by atoms with van der Waals surface area (Å²) in [5.74, 6) is -2.77. The van der Waals surface area contributed by atoms with Crippen LogP contribution in [-0.2, 0) is 21.0 Å². The number of pyridine rings is 1. The lowest BCUT2D eigenvalue weighted by atomic mass is 10.1. The molecule has 14 heteroatoms. The molecule has 0 aliphatic rings. The van der Waals surface area contributed by atoms with Crippen molar-refractivity contribution in [3.05, 3.63) is 47.5 Å². The van der Waals surface area contributed by atoms with Crippen LogP contribution in [0.4, 0.5) is 13.2 Å². The summed E-state index contributed by atoms with van der Waals surface area (Å²) in [4.78, 5) is 31.6. The molecular formula is C18H17F3N4O5S2. The second kappa shape index (κ2) is 11.6. The number of rotatable bonds is 6. The number of nitrogens with one attached hydrogen (secondary N) is 2. The van der Waals surface area contributed by atoms with E-state index in [0.29, 0.717) is 15.8 Å². The molecule has 2 aromatic heterocycles. The van der Waals surface area contributed by atoms with Crippen LogP contribution in [0.15, 0.2) is 36.5 Å². The Morgan fingerprint density at radius 1 is 1.16 bits per heavy atom. The van der Waals surface area contributed by atoms with E-state index in [2.05, 4.69) is 15.3 Å². The van der Waals surface area contributed by atoms with Gasteiger partial charge < -0.3 is 10.6 Å². The highest BCUT2D eigenvalue weighted by molar-refractivity contribution is 7.73. The monoisotopic (exact) mass is 490 g/mol. The Morgan fingerprint density at radius 2 is 1.81 bits per heavy atom. The lowest BCUT2D eigenvalue weighted by Gasteiger charge is -2.15. The topological polar surface area (TPSA) is 142 Å². The van der Waals surface area contributed by atoms with Crippen LogP contribution in [0.3, 0.4) is 0 Å². The highest BCUT2D eigenvalue weighted by Crippen LogP contribution is 2.31. The molecule has 2 heterocycles. The van der Waals surface area contributed by atoms with Crippen LogP contribution in [0.5, 0.6) is 0 Å². The largest absolute Gasteiger partial charge is 0.354 e. The third kappa shape index (κ3) is 7.05. The fourth-order valence-electron chi connectivity index (χ4n) is 2.51.